The summed E-state index contributed by atoms with van der Waals surface area (Å²) in [5, 5.41) is 27.2. The van der Waals surface area contributed by atoms with Crippen LogP contribution in [0.3, 0.4) is 0 Å². The first-order valence-corrected chi connectivity index (χ1v) is 5.06. The zero-order valence-electron chi connectivity index (χ0n) is 9.62. The molecule has 0 fully saturated rings. The lowest BCUT2D eigenvalue weighted by atomic mass is 10.1. The highest BCUT2D eigenvalue weighted by Crippen LogP contribution is 2.24. The van der Waals surface area contributed by atoms with Gasteiger partial charge in [0.15, 0.2) is 0 Å². The summed E-state index contributed by atoms with van der Waals surface area (Å²) in [5.74, 6) is -2.15. The van der Waals surface area contributed by atoms with E-state index in [0.29, 0.717) is 0 Å². The molecule has 5 nitrogen and oxygen atoms in total. The molecule has 0 atom stereocenters. The third-order valence-electron chi connectivity index (χ3n) is 2.09. The minimum absolute atomic E-state index is 0.0660. The van der Waals surface area contributed by atoms with Crippen molar-refractivity contribution in [1.29, 1.82) is 0 Å². The number of carboxylic acids is 2. The number of carbonyl (C=O) groups is 2. The Bertz CT molecular complexity index is 585. The van der Waals surface area contributed by atoms with Gasteiger partial charge in [-0.1, -0.05) is 24.3 Å². The predicted molar refractivity (Wildman–Crippen MR) is 65.9 cm³/mol. The van der Waals surface area contributed by atoms with Gasteiger partial charge in [0, 0.05) is 6.92 Å². The van der Waals surface area contributed by atoms with Gasteiger partial charge in [-0.15, -0.1) is 0 Å². The van der Waals surface area contributed by atoms with Gasteiger partial charge in [-0.25, -0.2) is 4.79 Å². The summed E-state index contributed by atoms with van der Waals surface area (Å²) >= 11 is 0. The highest BCUT2D eigenvalue weighted by molar-refractivity contribution is 5.97. The van der Waals surface area contributed by atoms with Crippen LogP contribution in [0.2, 0.25) is 0 Å². The first-order valence-electron chi connectivity index (χ1n) is 5.06. The molecule has 0 aliphatic rings. The summed E-state index contributed by atoms with van der Waals surface area (Å²) in [6.07, 6.45) is 0. The van der Waals surface area contributed by atoms with E-state index in [1.54, 1.807) is 6.07 Å². The molecular formula is C13H12O5. The van der Waals surface area contributed by atoms with Crippen LogP contribution < -0.4 is 0 Å². The van der Waals surface area contributed by atoms with Crippen LogP contribution in [0.15, 0.2) is 36.4 Å². The fourth-order valence-corrected chi connectivity index (χ4v) is 1.40. The van der Waals surface area contributed by atoms with Crippen molar-refractivity contribution in [2.75, 3.05) is 0 Å². The molecule has 18 heavy (non-hydrogen) atoms. The molecule has 0 spiro atoms. The number of benzene rings is 2. The lowest BCUT2D eigenvalue weighted by molar-refractivity contribution is -0.134. The van der Waals surface area contributed by atoms with Crippen molar-refractivity contribution in [3.05, 3.63) is 42.0 Å². The number of hydrogen-bond donors (Lipinski definition) is 3. The predicted octanol–water partition coefficient (Wildman–Crippen LogP) is 2.33. The van der Waals surface area contributed by atoms with Crippen LogP contribution in [-0.2, 0) is 4.79 Å². The maximum absolute atomic E-state index is 10.7. The molecule has 0 heterocycles. The van der Waals surface area contributed by atoms with Crippen molar-refractivity contribution in [1.82, 2.24) is 0 Å². The summed E-state index contributed by atoms with van der Waals surface area (Å²) in [4.78, 5) is 19.7. The largest absolute Gasteiger partial charge is 0.507 e. The van der Waals surface area contributed by atoms with Crippen LogP contribution in [0.1, 0.15) is 17.3 Å². The summed E-state index contributed by atoms with van der Waals surface area (Å²) in [6, 6.07) is 10.2. The molecule has 2 aromatic carbocycles. The van der Waals surface area contributed by atoms with Crippen LogP contribution in [-0.4, -0.2) is 27.3 Å². The van der Waals surface area contributed by atoms with E-state index in [1.807, 2.05) is 18.2 Å². The molecule has 0 unspecified atom stereocenters. The number of rotatable bonds is 1. The van der Waals surface area contributed by atoms with E-state index in [1.165, 1.54) is 12.1 Å². The standard InChI is InChI=1S/C11H8O3.C2H4O2/c12-10-6-8-4-2-1-3-7(8)5-9(10)11(13)14;1-2(3)4/h1-6,12H,(H,13,14);1H3,(H,3,4). The number of aliphatic carboxylic acids is 1. The van der Waals surface area contributed by atoms with E-state index in [4.69, 9.17) is 15.0 Å². The molecule has 0 radical (unpaired) electrons. The maximum atomic E-state index is 10.7. The second-order valence-electron chi connectivity index (χ2n) is 3.54. The third-order valence-corrected chi connectivity index (χ3v) is 2.09. The fourth-order valence-electron chi connectivity index (χ4n) is 1.40. The van der Waals surface area contributed by atoms with Crippen molar-refractivity contribution in [2.45, 2.75) is 6.92 Å². The summed E-state index contributed by atoms with van der Waals surface area (Å²) in [7, 11) is 0. The van der Waals surface area contributed by atoms with Crippen molar-refractivity contribution in [3.8, 4) is 5.75 Å². The average molecular weight is 248 g/mol. The van der Waals surface area contributed by atoms with Gasteiger partial charge in [0.1, 0.15) is 11.3 Å². The number of carboxylic acid groups (broad SMARTS) is 2. The molecule has 3 N–H and O–H groups in total. The van der Waals surface area contributed by atoms with E-state index in [0.717, 1.165) is 17.7 Å². The van der Waals surface area contributed by atoms with Gasteiger partial charge in [0.25, 0.3) is 5.97 Å². The number of hydrogen-bond acceptors (Lipinski definition) is 3. The highest BCUT2D eigenvalue weighted by atomic mass is 16.4. The second-order valence-corrected chi connectivity index (χ2v) is 3.54. The smallest absolute Gasteiger partial charge is 0.339 e. The molecule has 2 aromatic rings. The highest BCUT2D eigenvalue weighted by Gasteiger charge is 2.09. The Kier molecular flexibility index (Phi) is 4.26. The molecule has 0 saturated carbocycles. The molecule has 94 valence electrons. The van der Waals surface area contributed by atoms with E-state index in [-0.39, 0.29) is 11.3 Å². The Hall–Kier alpha value is -2.56. The second kappa shape index (κ2) is 5.67. The summed E-state index contributed by atoms with van der Waals surface area (Å²) in [6.45, 7) is 1.08. The molecule has 0 saturated heterocycles. The van der Waals surface area contributed by atoms with Crippen LogP contribution in [0.4, 0.5) is 0 Å². The summed E-state index contributed by atoms with van der Waals surface area (Å²) in [5.41, 5.74) is -0.0660. The Balaban J connectivity index is 0.000000357. The van der Waals surface area contributed by atoms with E-state index in [9.17, 15) is 9.90 Å². The Morgan fingerprint density at radius 2 is 1.44 bits per heavy atom. The first kappa shape index (κ1) is 13.5. The van der Waals surface area contributed by atoms with Crippen LogP contribution in [0, 0.1) is 0 Å². The quantitative estimate of drug-likeness (QED) is 0.720. The van der Waals surface area contributed by atoms with Gasteiger partial charge < -0.3 is 15.3 Å². The maximum Gasteiger partial charge on any atom is 0.339 e. The van der Waals surface area contributed by atoms with Crippen molar-refractivity contribution in [3.63, 3.8) is 0 Å². The molecule has 2 rings (SSSR count). The van der Waals surface area contributed by atoms with Crippen LogP contribution in [0.25, 0.3) is 10.8 Å². The lowest BCUT2D eigenvalue weighted by Crippen LogP contribution is -1.96. The Morgan fingerprint density at radius 3 is 1.89 bits per heavy atom. The monoisotopic (exact) mass is 248 g/mol. The SMILES string of the molecule is CC(=O)O.O=C(O)c1cc2ccccc2cc1O. The van der Waals surface area contributed by atoms with E-state index >= 15 is 0 Å². The molecule has 0 amide bonds. The lowest BCUT2D eigenvalue weighted by Gasteiger charge is -2.02. The van der Waals surface area contributed by atoms with Crippen LogP contribution in [0.5, 0.6) is 5.75 Å². The molecule has 5 heteroatoms. The first-order chi connectivity index (χ1) is 8.41. The van der Waals surface area contributed by atoms with Gasteiger partial charge in [0.05, 0.1) is 0 Å². The molecule has 0 aliphatic carbocycles. The topological polar surface area (TPSA) is 94.8 Å². The van der Waals surface area contributed by atoms with Gasteiger partial charge in [-0.05, 0) is 22.9 Å². The van der Waals surface area contributed by atoms with Crippen molar-refractivity contribution in [2.24, 2.45) is 0 Å². The number of fused-ring (bicyclic) bond motifs is 1. The minimum Gasteiger partial charge on any atom is -0.507 e. The van der Waals surface area contributed by atoms with Crippen molar-refractivity contribution < 1.29 is 24.9 Å². The van der Waals surface area contributed by atoms with Gasteiger partial charge in [-0.2, -0.15) is 0 Å². The Morgan fingerprint density at radius 1 is 1.00 bits per heavy atom. The van der Waals surface area contributed by atoms with Gasteiger partial charge in [-0.3, -0.25) is 4.79 Å². The molecule has 0 aromatic heterocycles. The zero-order chi connectivity index (χ0) is 13.7. The van der Waals surface area contributed by atoms with Gasteiger partial charge >= 0.3 is 5.97 Å². The molecule has 0 aliphatic heterocycles. The molecule has 0 bridgehead atoms. The number of aromatic hydroxyl groups is 1. The number of aromatic carboxylic acids is 1. The number of phenols is 1. The summed E-state index contributed by atoms with van der Waals surface area (Å²) < 4.78 is 0. The zero-order valence-corrected chi connectivity index (χ0v) is 9.62. The third kappa shape index (κ3) is 3.48. The van der Waals surface area contributed by atoms with Crippen molar-refractivity contribution >= 4 is 22.7 Å². The normalized spacial score (nSPS) is 9.39. The van der Waals surface area contributed by atoms with Gasteiger partial charge in [0.2, 0.25) is 0 Å². The minimum atomic E-state index is -1.12. The Labute approximate surface area is 103 Å². The fraction of sp³-hybridized carbons (Fsp3) is 0.0769. The van der Waals surface area contributed by atoms with E-state index < -0.39 is 11.9 Å². The van der Waals surface area contributed by atoms with Crippen LogP contribution >= 0.6 is 0 Å². The average Bonchev–Trinajstić information content (AvgIpc) is 2.27. The van der Waals surface area contributed by atoms with E-state index in [2.05, 4.69) is 0 Å². The molecular weight excluding hydrogens is 236 g/mol.